The molecule has 0 aromatic carbocycles. The van der Waals surface area contributed by atoms with Gasteiger partial charge in [-0.05, 0) is 12.8 Å². The van der Waals surface area contributed by atoms with Gasteiger partial charge >= 0.3 is 0 Å². The number of piperidine rings is 1. The smallest absolute Gasteiger partial charge is 0.229 e. The van der Waals surface area contributed by atoms with Crippen LogP contribution in [0.3, 0.4) is 0 Å². The quantitative estimate of drug-likeness (QED) is 0.876. The van der Waals surface area contributed by atoms with Crippen LogP contribution in [0, 0.1) is 5.92 Å². The molecule has 0 atom stereocenters. The highest BCUT2D eigenvalue weighted by atomic mass is 32.2. The normalized spacial score (nSPS) is 20.6. The Balaban J connectivity index is 1.58. The van der Waals surface area contributed by atoms with Crippen LogP contribution in [0.2, 0.25) is 0 Å². The maximum absolute atomic E-state index is 12.3. The first-order valence-corrected chi connectivity index (χ1v) is 9.92. The molecule has 0 bridgehead atoms. The summed E-state index contributed by atoms with van der Waals surface area (Å²) in [5.74, 6) is -0.227. The van der Waals surface area contributed by atoms with Gasteiger partial charge in [0.05, 0.1) is 30.0 Å². The largest absolute Gasteiger partial charge is 0.375 e. The monoisotopic (exact) mass is 345 g/mol. The number of carbonyl (C=O) groups excluding carboxylic acids is 1. The molecular weight excluding hydrogens is 326 g/mol. The summed E-state index contributed by atoms with van der Waals surface area (Å²) in [4.78, 5) is 17.8. The summed E-state index contributed by atoms with van der Waals surface area (Å²) < 4.78 is 29.7. The van der Waals surface area contributed by atoms with Crippen molar-refractivity contribution < 1.29 is 17.9 Å². The zero-order valence-corrected chi connectivity index (χ0v) is 14.0. The van der Waals surface area contributed by atoms with Gasteiger partial charge in [0.2, 0.25) is 15.9 Å². The fraction of sp³-hybridized carbons (Fsp3) is 0.692. The predicted molar refractivity (Wildman–Crippen MR) is 83.2 cm³/mol. The molecule has 2 aliphatic heterocycles. The Morgan fingerprint density at radius 1 is 1.41 bits per heavy atom. The number of thiazole rings is 1. The minimum atomic E-state index is -3.16. The van der Waals surface area contributed by atoms with Gasteiger partial charge in [0.1, 0.15) is 0 Å². The van der Waals surface area contributed by atoms with Gasteiger partial charge in [0, 0.05) is 25.4 Å². The lowest BCUT2D eigenvalue weighted by Crippen LogP contribution is -2.40. The zero-order valence-electron chi connectivity index (χ0n) is 12.4. The highest BCUT2D eigenvalue weighted by molar-refractivity contribution is 7.88. The molecule has 122 valence electrons. The highest BCUT2D eigenvalue weighted by Crippen LogP contribution is 2.28. The lowest BCUT2D eigenvalue weighted by Gasteiger charge is -2.29. The Morgan fingerprint density at radius 2 is 2.14 bits per heavy atom. The Morgan fingerprint density at radius 3 is 2.77 bits per heavy atom. The van der Waals surface area contributed by atoms with Gasteiger partial charge in [-0.15, -0.1) is 0 Å². The van der Waals surface area contributed by atoms with E-state index in [2.05, 4.69) is 10.3 Å². The lowest BCUT2D eigenvalue weighted by molar-refractivity contribution is -0.120. The molecule has 7 nitrogen and oxygen atoms in total. The van der Waals surface area contributed by atoms with E-state index >= 15 is 0 Å². The van der Waals surface area contributed by atoms with Gasteiger partial charge < -0.3 is 10.1 Å². The summed E-state index contributed by atoms with van der Waals surface area (Å²) in [5, 5.41) is 3.48. The average molecular weight is 345 g/mol. The number of nitrogens with one attached hydrogen (secondary N) is 1. The van der Waals surface area contributed by atoms with Gasteiger partial charge in [0.25, 0.3) is 0 Å². The first-order valence-electron chi connectivity index (χ1n) is 7.26. The number of nitrogens with zero attached hydrogens (tertiary/aromatic N) is 2. The molecule has 9 heteroatoms. The van der Waals surface area contributed by atoms with Gasteiger partial charge in [-0.25, -0.2) is 17.7 Å². The summed E-state index contributed by atoms with van der Waals surface area (Å²) in [6.45, 7) is 2.04. The van der Waals surface area contributed by atoms with Gasteiger partial charge in [-0.3, -0.25) is 4.79 Å². The third kappa shape index (κ3) is 3.48. The van der Waals surface area contributed by atoms with Crippen molar-refractivity contribution in [1.29, 1.82) is 0 Å². The van der Waals surface area contributed by atoms with E-state index < -0.39 is 10.0 Å². The number of ether oxygens (including phenoxy) is 1. The average Bonchev–Trinajstić information content (AvgIpc) is 2.88. The van der Waals surface area contributed by atoms with Crippen molar-refractivity contribution >= 4 is 32.4 Å². The Kier molecular flexibility index (Phi) is 4.49. The standard InChI is InChI=1S/C13H19N3O4S2/c1-22(18,19)16-5-2-9(3-6-16)12(17)15-13-14-10-4-7-20-8-11(10)21-13/h9H,2-8H2,1H3,(H,14,15,17). The first kappa shape index (κ1) is 15.9. The molecule has 1 aromatic rings. The second-order valence-corrected chi connectivity index (χ2v) is 8.68. The number of rotatable bonds is 3. The van der Waals surface area contributed by atoms with Crippen LogP contribution in [0.5, 0.6) is 0 Å². The van der Waals surface area contributed by atoms with E-state index in [1.807, 2.05) is 0 Å². The fourth-order valence-electron chi connectivity index (χ4n) is 2.74. The molecule has 2 aliphatic rings. The number of hydrogen-bond donors (Lipinski definition) is 1. The van der Waals surface area contributed by atoms with E-state index in [0.29, 0.717) is 44.3 Å². The van der Waals surface area contributed by atoms with E-state index in [0.717, 1.165) is 17.0 Å². The van der Waals surface area contributed by atoms with Crippen LogP contribution >= 0.6 is 11.3 Å². The molecule has 3 heterocycles. The minimum Gasteiger partial charge on any atom is -0.375 e. The maximum Gasteiger partial charge on any atom is 0.229 e. The number of amides is 1. The van der Waals surface area contributed by atoms with Crippen molar-refractivity contribution in [3.8, 4) is 0 Å². The van der Waals surface area contributed by atoms with E-state index in [9.17, 15) is 13.2 Å². The summed E-state index contributed by atoms with van der Waals surface area (Å²) >= 11 is 1.46. The van der Waals surface area contributed by atoms with E-state index in [1.165, 1.54) is 21.9 Å². The zero-order chi connectivity index (χ0) is 15.7. The van der Waals surface area contributed by atoms with Crippen molar-refractivity contribution in [2.24, 2.45) is 5.92 Å². The van der Waals surface area contributed by atoms with Crippen LogP contribution in [0.4, 0.5) is 5.13 Å². The minimum absolute atomic E-state index is 0.0693. The van der Waals surface area contributed by atoms with E-state index in [4.69, 9.17) is 4.74 Å². The van der Waals surface area contributed by atoms with Crippen LogP contribution in [0.1, 0.15) is 23.4 Å². The number of hydrogen-bond acceptors (Lipinski definition) is 6. The molecule has 22 heavy (non-hydrogen) atoms. The maximum atomic E-state index is 12.3. The molecule has 1 N–H and O–H groups in total. The van der Waals surface area contributed by atoms with Crippen molar-refractivity contribution in [1.82, 2.24) is 9.29 Å². The fourth-order valence-corrected chi connectivity index (χ4v) is 4.56. The Hall–Kier alpha value is -1.03. The number of aromatic nitrogens is 1. The highest BCUT2D eigenvalue weighted by Gasteiger charge is 2.29. The second-order valence-electron chi connectivity index (χ2n) is 5.62. The number of carbonyl (C=O) groups is 1. The van der Waals surface area contributed by atoms with Crippen LogP contribution in [0.15, 0.2) is 0 Å². The van der Waals surface area contributed by atoms with Crippen LogP contribution < -0.4 is 5.32 Å². The molecule has 1 fully saturated rings. The second kappa shape index (κ2) is 6.23. The number of anilines is 1. The van der Waals surface area contributed by atoms with E-state index in [-0.39, 0.29) is 11.8 Å². The molecule has 0 unspecified atom stereocenters. The van der Waals surface area contributed by atoms with Gasteiger partial charge in [-0.1, -0.05) is 11.3 Å². The topological polar surface area (TPSA) is 88.6 Å². The van der Waals surface area contributed by atoms with Crippen molar-refractivity contribution in [2.75, 3.05) is 31.3 Å². The molecule has 0 aliphatic carbocycles. The van der Waals surface area contributed by atoms with Crippen LogP contribution in [0.25, 0.3) is 0 Å². The van der Waals surface area contributed by atoms with Gasteiger partial charge in [0.15, 0.2) is 5.13 Å². The molecular formula is C13H19N3O4S2. The van der Waals surface area contributed by atoms with Crippen molar-refractivity contribution in [2.45, 2.75) is 25.9 Å². The first-order chi connectivity index (χ1) is 10.4. The number of fused-ring (bicyclic) bond motifs is 1. The molecule has 3 rings (SSSR count). The van der Waals surface area contributed by atoms with Crippen LogP contribution in [-0.2, 0) is 32.6 Å². The van der Waals surface area contributed by atoms with Crippen LogP contribution in [-0.4, -0.2) is 49.6 Å². The summed E-state index contributed by atoms with van der Waals surface area (Å²) in [6.07, 6.45) is 3.09. The molecule has 0 saturated carbocycles. The SMILES string of the molecule is CS(=O)(=O)N1CCC(C(=O)Nc2nc3c(s2)COCC3)CC1. The van der Waals surface area contributed by atoms with Crippen molar-refractivity contribution in [3.63, 3.8) is 0 Å². The molecule has 1 amide bonds. The Bertz CT molecular complexity index is 639. The van der Waals surface area contributed by atoms with E-state index in [1.54, 1.807) is 0 Å². The van der Waals surface area contributed by atoms with Gasteiger partial charge in [-0.2, -0.15) is 0 Å². The summed E-state index contributed by atoms with van der Waals surface area (Å²) in [5.41, 5.74) is 1.01. The third-order valence-corrected chi connectivity index (χ3v) is 6.31. The van der Waals surface area contributed by atoms with Crippen molar-refractivity contribution in [3.05, 3.63) is 10.6 Å². The molecule has 0 radical (unpaired) electrons. The number of sulfonamides is 1. The predicted octanol–water partition coefficient (Wildman–Crippen LogP) is 0.826. The molecule has 1 saturated heterocycles. The lowest BCUT2D eigenvalue weighted by atomic mass is 9.97. The molecule has 0 spiro atoms. The third-order valence-electron chi connectivity index (χ3n) is 4.02. The summed E-state index contributed by atoms with van der Waals surface area (Å²) in [7, 11) is -3.16. The Labute approximate surface area is 133 Å². The summed E-state index contributed by atoms with van der Waals surface area (Å²) in [6, 6.07) is 0. The molecule has 1 aromatic heterocycles.